The van der Waals surface area contributed by atoms with Crippen LogP contribution >= 0.6 is 11.8 Å². The smallest absolute Gasteiger partial charge is 0.137 e. The fourth-order valence-electron chi connectivity index (χ4n) is 2.41. The predicted molar refractivity (Wildman–Crippen MR) is 60.7 cm³/mol. The van der Waals surface area contributed by atoms with Crippen LogP contribution in [0.25, 0.3) is 0 Å². The average Bonchev–Trinajstić information content (AvgIpc) is 2.72. The average molecular weight is 213 g/mol. The lowest BCUT2D eigenvalue weighted by Gasteiger charge is -2.23. The Morgan fingerprint density at radius 2 is 2.14 bits per heavy atom. The van der Waals surface area contributed by atoms with E-state index in [1.54, 1.807) is 0 Å². The lowest BCUT2D eigenvalue weighted by atomic mass is 9.97. The van der Waals surface area contributed by atoms with Crippen LogP contribution in [0.4, 0.5) is 0 Å². The van der Waals surface area contributed by atoms with Gasteiger partial charge >= 0.3 is 0 Å². The molecule has 0 bridgehead atoms. The van der Waals surface area contributed by atoms with Gasteiger partial charge in [-0.2, -0.15) is 11.8 Å². The Hall–Kier alpha value is -0.0200. The lowest BCUT2D eigenvalue weighted by Crippen LogP contribution is -2.39. The predicted octanol–water partition coefficient (Wildman–Crippen LogP) is 1.84. The topological polar surface area (TPSA) is 29.1 Å². The van der Waals surface area contributed by atoms with Gasteiger partial charge in [-0.05, 0) is 12.8 Å². The molecule has 2 nitrogen and oxygen atoms in total. The van der Waals surface area contributed by atoms with E-state index in [1.807, 2.05) is 11.8 Å². The Labute approximate surface area is 90.2 Å². The maximum Gasteiger partial charge on any atom is 0.137 e. The molecule has 0 aromatic heterocycles. The molecule has 0 spiro atoms. The minimum absolute atomic E-state index is 0.406. The molecular formula is C11H19NOS. The number of carbonyl (C=O) groups is 1. The summed E-state index contributed by atoms with van der Waals surface area (Å²) in [6.07, 6.45) is 5.61. The molecule has 1 aliphatic heterocycles. The zero-order valence-electron chi connectivity index (χ0n) is 8.63. The van der Waals surface area contributed by atoms with E-state index < -0.39 is 0 Å². The summed E-state index contributed by atoms with van der Waals surface area (Å²) in [5, 5.41) is 3.43. The number of carbonyl (C=O) groups excluding carboxylic acids is 1. The molecule has 80 valence electrons. The molecule has 1 aliphatic carbocycles. The van der Waals surface area contributed by atoms with Crippen molar-refractivity contribution in [2.24, 2.45) is 5.92 Å². The SMILES string of the molecule is O=C(CC1CSCCN1)C1CCCC1. The Morgan fingerprint density at radius 3 is 2.79 bits per heavy atom. The molecule has 1 atom stereocenters. The second-order valence-corrected chi connectivity index (χ2v) is 5.53. The molecular weight excluding hydrogens is 194 g/mol. The van der Waals surface area contributed by atoms with E-state index in [-0.39, 0.29) is 0 Å². The number of hydrogen-bond donors (Lipinski definition) is 1. The summed E-state index contributed by atoms with van der Waals surface area (Å²) < 4.78 is 0. The molecule has 2 fully saturated rings. The molecule has 1 unspecified atom stereocenters. The maximum absolute atomic E-state index is 11.9. The van der Waals surface area contributed by atoms with Crippen LogP contribution in [0.15, 0.2) is 0 Å². The van der Waals surface area contributed by atoms with Crippen molar-refractivity contribution in [1.29, 1.82) is 0 Å². The van der Waals surface area contributed by atoms with Crippen molar-refractivity contribution in [3.05, 3.63) is 0 Å². The Bertz CT molecular complexity index is 195. The second-order valence-electron chi connectivity index (χ2n) is 4.38. The third-order valence-corrected chi connectivity index (χ3v) is 4.39. The van der Waals surface area contributed by atoms with Crippen LogP contribution in [0, 0.1) is 5.92 Å². The van der Waals surface area contributed by atoms with Crippen LogP contribution < -0.4 is 5.32 Å². The first kappa shape index (κ1) is 10.5. The lowest BCUT2D eigenvalue weighted by molar-refractivity contribution is -0.123. The van der Waals surface area contributed by atoms with E-state index in [4.69, 9.17) is 0 Å². The van der Waals surface area contributed by atoms with Gasteiger partial charge < -0.3 is 5.32 Å². The quantitative estimate of drug-likeness (QED) is 0.775. The van der Waals surface area contributed by atoms with Gasteiger partial charge in [0.1, 0.15) is 5.78 Å². The summed E-state index contributed by atoms with van der Waals surface area (Å²) in [6.45, 7) is 1.08. The van der Waals surface area contributed by atoms with Gasteiger partial charge in [0.05, 0.1) is 0 Å². The fourth-order valence-corrected chi connectivity index (χ4v) is 3.36. The number of Topliss-reactive ketones (excluding diaryl/α,β-unsaturated/α-hetero) is 1. The van der Waals surface area contributed by atoms with Gasteiger partial charge in [-0.3, -0.25) is 4.79 Å². The van der Waals surface area contributed by atoms with Gasteiger partial charge in [0.25, 0.3) is 0 Å². The van der Waals surface area contributed by atoms with E-state index in [2.05, 4.69) is 5.32 Å². The molecule has 0 aromatic carbocycles. The van der Waals surface area contributed by atoms with E-state index >= 15 is 0 Å². The van der Waals surface area contributed by atoms with E-state index in [9.17, 15) is 4.79 Å². The van der Waals surface area contributed by atoms with Gasteiger partial charge in [-0.1, -0.05) is 12.8 Å². The summed E-state index contributed by atoms with van der Waals surface area (Å²) in [7, 11) is 0. The van der Waals surface area contributed by atoms with Crippen LogP contribution in [-0.2, 0) is 4.79 Å². The van der Waals surface area contributed by atoms with E-state index in [0.717, 1.165) is 31.6 Å². The Morgan fingerprint density at radius 1 is 1.36 bits per heavy atom. The number of nitrogens with one attached hydrogen (secondary N) is 1. The second kappa shape index (κ2) is 5.17. The summed E-state index contributed by atoms with van der Waals surface area (Å²) in [5.74, 6) is 3.25. The number of ketones is 1. The molecule has 3 heteroatoms. The van der Waals surface area contributed by atoms with Crippen LogP contribution in [0.1, 0.15) is 32.1 Å². The highest BCUT2D eigenvalue weighted by Crippen LogP contribution is 2.27. The zero-order valence-corrected chi connectivity index (χ0v) is 9.44. The highest BCUT2D eigenvalue weighted by molar-refractivity contribution is 7.99. The van der Waals surface area contributed by atoms with Gasteiger partial charge in [0, 0.05) is 36.4 Å². The normalized spacial score (nSPS) is 29.3. The third kappa shape index (κ3) is 2.74. The zero-order chi connectivity index (χ0) is 9.80. The highest BCUT2D eigenvalue weighted by Gasteiger charge is 2.25. The molecule has 0 aromatic rings. The minimum Gasteiger partial charge on any atom is -0.312 e. The summed E-state index contributed by atoms with van der Waals surface area (Å²) in [6, 6.07) is 0.460. The molecule has 1 heterocycles. The molecule has 0 radical (unpaired) electrons. The molecule has 14 heavy (non-hydrogen) atoms. The van der Waals surface area contributed by atoms with E-state index in [1.165, 1.54) is 18.6 Å². The van der Waals surface area contributed by atoms with E-state index in [0.29, 0.717) is 17.7 Å². The third-order valence-electron chi connectivity index (χ3n) is 3.26. The summed E-state index contributed by atoms with van der Waals surface area (Å²) in [5.41, 5.74) is 0. The van der Waals surface area contributed by atoms with Gasteiger partial charge in [0.2, 0.25) is 0 Å². The standard InChI is InChI=1S/C11H19NOS/c13-11(9-3-1-2-4-9)7-10-8-14-6-5-12-10/h9-10,12H,1-8H2. The minimum atomic E-state index is 0.406. The van der Waals surface area contributed by atoms with Crippen molar-refractivity contribution in [1.82, 2.24) is 5.32 Å². The van der Waals surface area contributed by atoms with Crippen LogP contribution in [-0.4, -0.2) is 29.9 Å². The molecule has 1 saturated heterocycles. The summed E-state index contributed by atoms with van der Waals surface area (Å²) in [4.78, 5) is 11.9. The van der Waals surface area contributed by atoms with Crippen molar-refractivity contribution >= 4 is 17.5 Å². The number of rotatable bonds is 3. The van der Waals surface area contributed by atoms with Crippen LogP contribution in [0.3, 0.4) is 0 Å². The van der Waals surface area contributed by atoms with Gasteiger partial charge in [-0.15, -0.1) is 0 Å². The van der Waals surface area contributed by atoms with Crippen molar-refractivity contribution in [3.8, 4) is 0 Å². The van der Waals surface area contributed by atoms with Crippen molar-refractivity contribution in [3.63, 3.8) is 0 Å². The van der Waals surface area contributed by atoms with Gasteiger partial charge in [-0.25, -0.2) is 0 Å². The Kier molecular flexibility index (Phi) is 3.88. The maximum atomic E-state index is 11.9. The molecule has 1 saturated carbocycles. The first-order chi connectivity index (χ1) is 6.86. The van der Waals surface area contributed by atoms with Crippen LogP contribution in [0.2, 0.25) is 0 Å². The summed E-state index contributed by atoms with van der Waals surface area (Å²) >= 11 is 1.97. The molecule has 0 amide bonds. The largest absolute Gasteiger partial charge is 0.312 e. The fraction of sp³-hybridized carbons (Fsp3) is 0.909. The Balaban J connectivity index is 1.75. The van der Waals surface area contributed by atoms with Crippen LogP contribution in [0.5, 0.6) is 0 Å². The first-order valence-corrected chi connectivity index (χ1v) is 6.85. The number of thioether (sulfide) groups is 1. The highest BCUT2D eigenvalue weighted by atomic mass is 32.2. The first-order valence-electron chi connectivity index (χ1n) is 5.70. The van der Waals surface area contributed by atoms with Crippen molar-refractivity contribution in [2.75, 3.05) is 18.1 Å². The molecule has 1 N–H and O–H groups in total. The molecule has 2 rings (SSSR count). The van der Waals surface area contributed by atoms with Crippen molar-refractivity contribution < 1.29 is 4.79 Å². The van der Waals surface area contributed by atoms with Crippen molar-refractivity contribution in [2.45, 2.75) is 38.1 Å². The number of hydrogen-bond acceptors (Lipinski definition) is 3. The monoisotopic (exact) mass is 213 g/mol. The van der Waals surface area contributed by atoms with Gasteiger partial charge in [0.15, 0.2) is 0 Å². The molecule has 2 aliphatic rings.